The van der Waals surface area contributed by atoms with E-state index in [1.807, 2.05) is 24.3 Å². The van der Waals surface area contributed by atoms with Gasteiger partial charge in [0.05, 0.1) is 0 Å². The maximum atomic E-state index is 13.3. The number of rotatable bonds is 3. The third-order valence-corrected chi connectivity index (χ3v) is 5.64. The van der Waals surface area contributed by atoms with Crippen LogP contribution in [-0.2, 0) is 13.1 Å². The number of anilines is 1. The van der Waals surface area contributed by atoms with Gasteiger partial charge in [-0.3, -0.25) is 5.14 Å². The molecule has 3 N–H and O–H groups in total. The summed E-state index contributed by atoms with van der Waals surface area (Å²) in [6.45, 7) is 2.70. The average Bonchev–Trinajstić information content (AvgIpc) is 3.12. The molecule has 0 spiro atoms. The smallest absolute Gasteiger partial charge is 0.316 e. The van der Waals surface area contributed by atoms with Crippen LogP contribution < -0.4 is 10.5 Å². The van der Waals surface area contributed by atoms with E-state index in [9.17, 15) is 9.18 Å². The van der Waals surface area contributed by atoms with E-state index in [4.69, 9.17) is 5.14 Å². The zero-order valence-corrected chi connectivity index (χ0v) is 15.6. The fourth-order valence-corrected chi connectivity index (χ4v) is 3.84. The van der Waals surface area contributed by atoms with Gasteiger partial charge in [-0.25, -0.2) is 13.5 Å². The van der Waals surface area contributed by atoms with Crippen LogP contribution in [0, 0.1) is 5.82 Å². The molecule has 0 saturated carbocycles. The van der Waals surface area contributed by atoms with Crippen LogP contribution in [0.15, 0.2) is 48.5 Å². The number of nitrogens with two attached hydrogens (primary N) is 1. The van der Waals surface area contributed by atoms with Crippen molar-refractivity contribution in [1.82, 2.24) is 9.21 Å². The summed E-state index contributed by atoms with van der Waals surface area (Å²) in [7, 11) is 0. The highest BCUT2D eigenvalue weighted by molar-refractivity contribution is 7.94. The summed E-state index contributed by atoms with van der Waals surface area (Å²) in [6, 6.07) is 12.4. The molecule has 0 radical (unpaired) electrons. The summed E-state index contributed by atoms with van der Waals surface area (Å²) in [5.41, 5.74) is 5.08. The fraction of sp³-hybridized carbons (Fsp3) is 0.250. The molecule has 2 aromatic rings. The summed E-state index contributed by atoms with van der Waals surface area (Å²) < 4.78 is 15.4. The van der Waals surface area contributed by atoms with Crippen molar-refractivity contribution in [1.29, 1.82) is 0 Å². The van der Waals surface area contributed by atoms with Gasteiger partial charge in [-0.1, -0.05) is 24.3 Å². The number of hydrogen-bond acceptors (Lipinski definition) is 4. The largest absolute Gasteiger partial charge is 0.322 e. The normalized spacial score (nSPS) is 16.8. The topological polar surface area (TPSA) is 61.6 Å². The fourth-order valence-electron chi connectivity index (χ4n) is 3.49. The van der Waals surface area contributed by atoms with E-state index in [1.165, 1.54) is 35.4 Å². The Labute approximate surface area is 162 Å². The second-order valence-electron chi connectivity index (χ2n) is 6.75. The number of urea groups is 1. The maximum absolute atomic E-state index is 13.3. The molecule has 0 atom stereocenters. The van der Waals surface area contributed by atoms with Crippen LogP contribution in [0.3, 0.4) is 0 Å². The SMILES string of the molecule is NSN1CC=C(c2ccc(NC(=O)N3Cc4ccc(F)cc4C3)cc2)CC1. The molecular formula is C20H21FN4OS. The molecule has 2 aliphatic rings. The monoisotopic (exact) mass is 384 g/mol. The van der Waals surface area contributed by atoms with Gasteiger partial charge in [0, 0.05) is 44.0 Å². The lowest BCUT2D eigenvalue weighted by molar-refractivity contribution is 0.212. The Balaban J connectivity index is 1.38. The number of fused-ring (bicyclic) bond motifs is 1. The van der Waals surface area contributed by atoms with Crippen LogP contribution in [0.25, 0.3) is 5.57 Å². The molecule has 4 rings (SSSR count). The van der Waals surface area contributed by atoms with Crippen molar-refractivity contribution in [2.24, 2.45) is 5.14 Å². The lowest BCUT2D eigenvalue weighted by Crippen LogP contribution is -2.30. The van der Waals surface area contributed by atoms with Crippen LogP contribution >= 0.6 is 12.1 Å². The van der Waals surface area contributed by atoms with Crippen LogP contribution in [-0.4, -0.2) is 28.3 Å². The first-order chi connectivity index (χ1) is 13.1. The molecule has 0 bridgehead atoms. The lowest BCUT2D eigenvalue weighted by atomic mass is 10.0. The Morgan fingerprint density at radius 2 is 1.89 bits per heavy atom. The van der Waals surface area contributed by atoms with E-state index in [-0.39, 0.29) is 11.8 Å². The second-order valence-corrected chi connectivity index (χ2v) is 7.48. The Hall–Kier alpha value is -2.35. The Bertz CT molecular complexity index is 884. The van der Waals surface area contributed by atoms with Crippen molar-refractivity contribution in [3.8, 4) is 0 Å². The number of hydrogen-bond donors (Lipinski definition) is 2. The maximum Gasteiger partial charge on any atom is 0.322 e. The van der Waals surface area contributed by atoms with Gasteiger partial charge < -0.3 is 10.2 Å². The first-order valence-corrected chi connectivity index (χ1v) is 9.70. The summed E-state index contributed by atoms with van der Waals surface area (Å²) in [5, 5.41) is 8.52. The highest BCUT2D eigenvalue weighted by Gasteiger charge is 2.23. The van der Waals surface area contributed by atoms with Gasteiger partial charge in [0.1, 0.15) is 5.82 Å². The second kappa shape index (κ2) is 7.72. The van der Waals surface area contributed by atoms with Gasteiger partial charge in [-0.15, -0.1) is 0 Å². The molecule has 2 aliphatic heterocycles. The third-order valence-electron chi connectivity index (χ3n) is 5.01. The van der Waals surface area contributed by atoms with Crippen molar-refractivity contribution in [3.63, 3.8) is 0 Å². The van der Waals surface area contributed by atoms with Crippen molar-refractivity contribution in [2.45, 2.75) is 19.5 Å². The van der Waals surface area contributed by atoms with Crippen LogP contribution in [0.4, 0.5) is 14.9 Å². The van der Waals surface area contributed by atoms with Crippen molar-refractivity contribution in [3.05, 3.63) is 71.0 Å². The predicted octanol–water partition coefficient (Wildman–Crippen LogP) is 3.98. The summed E-state index contributed by atoms with van der Waals surface area (Å²) in [4.78, 5) is 14.2. The first kappa shape index (κ1) is 18.0. The minimum absolute atomic E-state index is 0.174. The summed E-state index contributed by atoms with van der Waals surface area (Å²) in [5.74, 6) is -0.267. The minimum atomic E-state index is -0.267. The van der Waals surface area contributed by atoms with Gasteiger partial charge in [0.15, 0.2) is 0 Å². The van der Waals surface area contributed by atoms with E-state index in [2.05, 4.69) is 15.7 Å². The molecule has 0 unspecified atom stereocenters. The Kier molecular flexibility index (Phi) is 5.15. The molecule has 0 aromatic heterocycles. The molecule has 2 amide bonds. The summed E-state index contributed by atoms with van der Waals surface area (Å²) >= 11 is 1.28. The molecule has 0 aliphatic carbocycles. The first-order valence-electron chi connectivity index (χ1n) is 8.87. The van der Waals surface area contributed by atoms with Gasteiger partial charge >= 0.3 is 6.03 Å². The van der Waals surface area contributed by atoms with Crippen molar-refractivity contribution in [2.75, 3.05) is 18.4 Å². The van der Waals surface area contributed by atoms with Crippen LogP contribution in [0.2, 0.25) is 0 Å². The molecule has 0 fully saturated rings. The van der Waals surface area contributed by atoms with E-state index >= 15 is 0 Å². The molecular weight excluding hydrogens is 363 g/mol. The molecule has 140 valence electrons. The molecule has 5 nitrogen and oxygen atoms in total. The van der Waals surface area contributed by atoms with Crippen LogP contribution in [0.5, 0.6) is 0 Å². The average molecular weight is 384 g/mol. The molecule has 7 heteroatoms. The van der Waals surface area contributed by atoms with E-state index in [0.717, 1.165) is 36.3 Å². The highest BCUT2D eigenvalue weighted by atomic mass is 32.2. The van der Waals surface area contributed by atoms with E-state index < -0.39 is 0 Å². The predicted molar refractivity (Wildman–Crippen MR) is 107 cm³/mol. The number of carbonyl (C=O) groups is 1. The number of halogens is 1. The highest BCUT2D eigenvalue weighted by Crippen LogP contribution is 2.26. The number of amides is 2. The molecule has 0 saturated heterocycles. The van der Waals surface area contributed by atoms with Crippen molar-refractivity contribution >= 4 is 29.4 Å². The zero-order chi connectivity index (χ0) is 18.8. The standard InChI is InChI=1S/C20H21FN4OS/c21-18-4-1-16-12-24(13-17(16)11-18)20(26)23-19-5-2-14(3-6-19)15-7-9-25(27-22)10-8-15/h1-7,11H,8-10,12-13,22H2,(H,23,26). The van der Waals surface area contributed by atoms with Gasteiger partial charge in [-0.05, 0) is 52.9 Å². The van der Waals surface area contributed by atoms with E-state index in [1.54, 1.807) is 11.0 Å². The zero-order valence-electron chi connectivity index (χ0n) is 14.8. The molecule has 27 heavy (non-hydrogen) atoms. The van der Waals surface area contributed by atoms with Crippen LogP contribution in [0.1, 0.15) is 23.1 Å². The Morgan fingerprint density at radius 3 is 2.59 bits per heavy atom. The molecule has 2 heterocycles. The van der Waals surface area contributed by atoms with Gasteiger partial charge in [0.25, 0.3) is 0 Å². The number of benzene rings is 2. The van der Waals surface area contributed by atoms with Gasteiger partial charge in [-0.2, -0.15) is 0 Å². The number of nitrogens with one attached hydrogen (secondary N) is 1. The minimum Gasteiger partial charge on any atom is -0.316 e. The third kappa shape index (κ3) is 4.00. The molecule has 2 aromatic carbocycles. The Morgan fingerprint density at radius 1 is 1.11 bits per heavy atom. The summed E-state index contributed by atoms with van der Waals surface area (Å²) in [6.07, 6.45) is 3.15. The number of carbonyl (C=O) groups excluding carboxylic acids is 1. The number of nitrogens with zero attached hydrogens (tertiary/aromatic N) is 2. The van der Waals surface area contributed by atoms with E-state index in [0.29, 0.717) is 13.1 Å². The quantitative estimate of drug-likeness (QED) is 0.786. The van der Waals surface area contributed by atoms with Gasteiger partial charge in [0.2, 0.25) is 0 Å². The lowest BCUT2D eigenvalue weighted by Gasteiger charge is -2.23. The van der Waals surface area contributed by atoms with Crippen molar-refractivity contribution < 1.29 is 9.18 Å².